The van der Waals surface area contributed by atoms with Gasteiger partial charge in [-0.3, -0.25) is 4.98 Å². The van der Waals surface area contributed by atoms with Gasteiger partial charge in [0.2, 0.25) is 0 Å². The smallest absolute Gasteiger partial charge is 0.0295 e. The molecular weight excluding hydrogens is 208 g/mol. The summed E-state index contributed by atoms with van der Waals surface area (Å²) in [7, 11) is 0. The third-order valence-corrected chi connectivity index (χ3v) is 3.23. The van der Waals surface area contributed by atoms with Gasteiger partial charge in [0.25, 0.3) is 0 Å². The summed E-state index contributed by atoms with van der Waals surface area (Å²) in [6.07, 6.45) is 10.4. The second-order valence-corrected chi connectivity index (χ2v) is 4.92. The molecule has 0 aliphatic carbocycles. The van der Waals surface area contributed by atoms with Gasteiger partial charge in [0.1, 0.15) is 0 Å². The van der Waals surface area contributed by atoms with Crippen LogP contribution in [0, 0.1) is 0 Å². The third kappa shape index (κ3) is 5.83. The molecule has 1 rings (SSSR count). The van der Waals surface area contributed by atoms with E-state index in [9.17, 15) is 0 Å². The van der Waals surface area contributed by atoms with Crippen molar-refractivity contribution in [1.82, 2.24) is 10.3 Å². The van der Waals surface area contributed by atoms with Crippen LogP contribution >= 0.6 is 0 Å². The lowest BCUT2D eigenvalue weighted by Crippen LogP contribution is -2.28. The van der Waals surface area contributed by atoms with Gasteiger partial charge in [-0.2, -0.15) is 0 Å². The first-order valence-corrected chi connectivity index (χ1v) is 6.90. The molecule has 0 saturated carbocycles. The Hall–Kier alpha value is -0.890. The van der Waals surface area contributed by atoms with Gasteiger partial charge in [0.15, 0.2) is 0 Å². The van der Waals surface area contributed by atoms with Gasteiger partial charge in [0, 0.05) is 24.5 Å². The molecule has 1 aromatic heterocycles. The predicted octanol–water partition coefficient (Wildman–Crippen LogP) is 4.09. The van der Waals surface area contributed by atoms with Crippen LogP contribution in [0.1, 0.15) is 64.5 Å². The average molecular weight is 234 g/mol. The highest BCUT2D eigenvalue weighted by molar-refractivity contribution is 5.14. The quantitative estimate of drug-likeness (QED) is 0.685. The van der Waals surface area contributed by atoms with E-state index in [0.717, 1.165) is 0 Å². The number of nitrogens with zero attached hydrogens (tertiary/aromatic N) is 1. The second-order valence-electron chi connectivity index (χ2n) is 4.92. The summed E-state index contributed by atoms with van der Waals surface area (Å²) in [4.78, 5) is 4.05. The summed E-state index contributed by atoms with van der Waals surface area (Å²) >= 11 is 0. The van der Waals surface area contributed by atoms with Crippen LogP contribution in [-0.2, 0) is 0 Å². The van der Waals surface area contributed by atoms with E-state index in [4.69, 9.17) is 0 Å². The van der Waals surface area contributed by atoms with Crippen LogP contribution in [0.3, 0.4) is 0 Å². The summed E-state index contributed by atoms with van der Waals surface area (Å²) < 4.78 is 0. The molecule has 17 heavy (non-hydrogen) atoms. The Morgan fingerprint density at radius 2 is 1.82 bits per heavy atom. The van der Waals surface area contributed by atoms with Gasteiger partial charge in [0.05, 0.1) is 0 Å². The number of aromatic nitrogens is 1. The SMILES string of the molecule is CCCCCCC(C)N[C@@H](C)c1ccncc1. The van der Waals surface area contributed by atoms with Crippen molar-refractivity contribution < 1.29 is 0 Å². The topological polar surface area (TPSA) is 24.9 Å². The fourth-order valence-electron chi connectivity index (χ4n) is 2.14. The third-order valence-electron chi connectivity index (χ3n) is 3.23. The molecule has 2 nitrogen and oxygen atoms in total. The van der Waals surface area contributed by atoms with Crippen LogP contribution in [0.15, 0.2) is 24.5 Å². The monoisotopic (exact) mass is 234 g/mol. The number of hydrogen-bond acceptors (Lipinski definition) is 2. The van der Waals surface area contributed by atoms with E-state index in [1.165, 1.54) is 37.7 Å². The zero-order valence-corrected chi connectivity index (χ0v) is 11.4. The number of rotatable bonds is 8. The first kappa shape index (κ1) is 14.2. The summed E-state index contributed by atoms with van der Waals surface area (Å²) in [6, 6.07) is 5.18. The highest BCUT2D eigenvalue weighted by Gasteiger charge is 2.08. The Labute approximate surface area is 106 Å². The number of unbranched alkanes of at least 4 members (excludes halogenated alkanes) is 3. The lowest BCUT2D eigenvalue weighted by molar-refractivity contribution is 0.437. The zero-order chi connectivity index (χ0) is 12.5. The average Bonchev–Trinajstić information content (AvgIpc) is 2.36. The van der Waals surface area contributed by atoms with E-state index in [0.29, 0.717) is 12.1 Å². The Bertz CT molecular complexity index is 284. The van der Waals surface area contributed by atoms with Crippen molar-refractivity contribution in [2.24, 2.45) is 0 Å². The van der Waals surface area contributed by atoms with Crippen molar-refractivity contribution in [2.75, 3.05) is 0 Å². The molecule has 0 aliphatic heterocycles. The van der Waals surface area contributed by atoms with Crippen molar-refractivity contribution in [3.63, 3.8) is 0 Å². The number of nitrogens with one attached hydrogen (secondary N) is 1. The summed E-state index contributed by atoms with van der Waals surface area (Å²) in [5, 5.41) is 3.65. The molecule has 0 aliphatic rings. The minimum Gasteiger partial charge on any atom is -0.308 e. The summed E-state index contributed by atoms with van der Waals surface area (Å²) in [6.45, 7) is 6.76. The van der Waals surface area contributed by atoms with Crippen molar-refractivity contribution in [3.8, 4) is 0 Å². The van der Waals surface area contributed by atoms with Crippen molar-refractivity contribution >= 4 is 0 Å². The van der Waals surface area contributed by atoms with E-state index in [1.807, 2.05) is 12.4 Å². The number of pyridine rings is 1. The largest absolute Gasteiger partial charge is 0.308 e. The molecule has 1 aromatic rings. The van der Waals surface area contributed by atoms with E-state index >= 15 is 0 Å². The fourth-order valence-corrected chi connectivity index (χ4v) is 2.14. The lowest BCUT2D eigenvalue weighted by Gasteiger charge is -2.20. The van der Waals surface area contributed by atoms with Crippen molar-refractivity contribution in [1.29, 1.82) is 0 Å². The Morgan fingerprint density at radius 3 is 2.47 bits per heavy atom. The maximum Gasteiger partial charge on any atom is 0.0295 e. The second kappa shape index (κ2) is 8.24. The maximum absolute atomic E-state index is 4.05. The molecule has 0 bridgehead atoms. The van der Waals surface area contributed by atoms with Crippen LogP contribution in [0.25, 0.3) is 0 Å². The van der Waals surface area contributed by atoms with Gasteiger partial charge in [-0.25, -0.2) is 0 Å². The normalized spacial score (nSPS) is 14.5. The highest BCUT2D eigenvalue weighted by Crippen LogP contribution is 2.13. The summed E-state index contributed by atoms with van der Waals surface area (Å²) in [5.74, 6) is 0. The molecule has 1 heterocycles. The molecule has 0 spiro atoms. The Balaban J connectivity index is 2.24. The first-order valence-electron chi connectivity index (χ1n) is 6.90. The number of hydrogen-bond donors (Lipinski definition) is 1. The molecule has 0 aromatic carbocycles. The van der Waals surface area contributed by atoms with E-state index in [1.54, 1.807) is 0 Å². The van der Waals surface area contributed by atoms with Crippen LogP contribution in [0.4, 0.5) is 0 Å². The fraction of sp³-hybridized carbons (Fsp3) is 0.667. The molecule has 96 valence electrons. The van der Waals surface area contributed by atoms with Crippen LogP contribution < -0.4 is 5.32 Å². The lowest BCUT2D eigenvalue weighted by atomic mass is 10.1. The standard InChI is InChI=1S/C15H26N2/c1-4-5-6-7-8-13(2)17-14(3)15-9-11-16-12-10-15/h9-14,17H,4-8H2,1-3H3/t13?,14-/m0/s1. The molecule has 0 saturated heterocycles. The van der Waals surface area contributed by atoms with Gasteiger partial charge in [-0.15, -0.1) is 0 Å². The molecule has 2 heteroatoms. The molecular formula is C15H26N2. The molecule has 0 fully saturated rings. The van der Waals surface area contributed by atoms with Crippen LogP contribution in [0.5, 0.6) is 0 Å². The molecule has 1 unspecified atom stereocenters. The highest BCUT2D eigenvalue weighted by atomic mass is 14.9. The van der Waals surface area contributed by atoms with E-state index < -0.39 is 0 Å². The summed E-state index contributed by atoms with van der Waals surface area (Å²) in [5.41, 5.74) is 1.32. The minimum atomic E-state index is 0.416. The molecule has 1 N–H and O–H groups in total. The van der Waals surface area contributed by atoms with Crippen LogP contribution in [-0.4, -0.2) is 11.0 Å². The van der Waals surface area contributed by atoms with E-state index in [-0.39, 0.29) is 0 Å². The van der Waals surface area contributed by atoms with Crippen molar-refractivity contribution in [2.45, 2.75) is 65.0 Å². The minimum absolute atomic E-state index is 0.416. The predicted molar refractivity (Wildman–Crippen MR) is 74.0 cm³/mol. The van der Waals surface area contributed by atoms with Crippen molar-refractivity contribution in [3.05, 3.63) is 30.1 Å². The van der Waals surface area contributed by atoms with Gasteiger partial charge in [-0.05, 0) is 38.0 Å². The van der Waals surface area contributed by atoms with Crippen LogP contribution in [0.2, 0.25) is 0 Å². The van der Waals surface area contributed by atoms with Gasteiger partial charge < -0.3 is 5.32 Å². The van der Waals surface area contributed by atoms with E-state index in [2.05, 4.69) is 43.2 Å². The zero-order valence-electron chi connectivity index (χ0n) is 11.4. The Morgan fingerprint density at radius 1 is 1.12 bits per heavy atom. The maximum atomic E-state index is 4.05. The Kier molecular flexibility index (Phi) is 6.87. The van der Waals surface area contributed by atoms with Gasteiger partial charge in [-0.1, -0.05) is 32.6 Å². The molecule has 0 radical (unpaired) electrons. The first-order chi connectivity index (χ1) is 8.24. The van der Waals surface area contributed by atoms with Gasteiger partial charge >= 0.3 is 0 Å². The molecule has 2 atom stereocenters. The molecule has 0 amide bonds.